The fourth-order valence-corrected chi connectivity index (χ4v) is 2.22. The number of aliphatic carboxylic acids is 1. The lowest BCUT2D eigenvalue weighted by Crippen LogP contribution is -2.41. The van der Waals surface area contributed by atoms with Crippen molar-refractivity contribution < 1.29 is 19.4 Å². The summed E-state index contributed by atoms with van der Waals surface area (Å²) in [4.78, 5) is 22.6. The highest BCUT2D eigenvalue weighted by Crippen LogP contribution is 2.24. The average Bonchev–Trinajstić information content (AvgIpc) is 2.29. The molecule has 0 aromatic rings. The van der Waals surface area contributed by atoms with Crippen LogP contribution in [0.15, 0.2) is 0 Å². The Hall–Kier alpha value is -1.10. The molecule has 0 aromatic carbocycles. The number of carbonyl (C=O) groups is 2. The molecular formula is C13H23NO4. The van der Waals surface area contributed by atoms with Gasteiger partial charge in [0, 0.05) is 13.2 Å². The predicted octanol–water partition coefficient (Wildman–Crippen LogP) is 1.56. The van der Waals surface area contributed by atoms with Crippen LogP contribution in [0.4, 0.5) is 0 Å². The van der Waals surface area contributed by atoms with Gasteiger partial charge in [-0.25, -0.2) is 0 Å². The van der Waals surface area contributed by atoms with Gasteiger partial charge in [-0.1, -0.05) is 0 Å². The van der Waals surface area contributed by atoms with Gasteiger partial charge in [-0.2, -0.15) is 0 Å². The number of carboxylic acids is 1. The Balaban J connectivity index is 2.33. The minimum atomic E-state index is -0.722. The highest BCUT2D eigenvalue weighted by Gasteiger charge is 2.28. The molecule has 104 valence electrons. The molecule has 0 bridgehead atoms. The van der Waals surface area contributed by atoms with Crippen molar-refractivity contribution in [3.63, 3.8) is 0 Å². The zero-order valence-corrected chi connectivity index (χ0v) is 11.4. The normalized spacial score (nSPS) is 24.6. The molecule has 1 rings (SSSR count). The summed E-state index contributed by atoms with van der Waals surface area (Å²) in [6.45, 7) is 3.74. The summed E-state index contributed by atoms with van der Waals surface area (Å²) in [7, 11) is 1.59. The molecule has 2 N–H and O–H groups in total. The van der Waals surface area contributed by atoms with E-state index in [0.717, 1.165) is 12.8 Å². The SMILES string of the molecule is COC(C)(C)CC(=O)NC1CCC(C(=O)O)CC1. The van der Waals surface area contributed by atoms with Crippen LogP contribution in [0.1, 0.15) is 46.0 Å². The summed E-state index contributed by atoms with van der Waals surface area (Å²) < 4.78 is 5.21. The molecule has 0 aromatic heterocycles. The van der Waals surface area contributed by atoms with Crippen molar-refractivity contribution in [2.24, 2.45) is 5.92 Å². The fraction of sp³-hybridized carbons (Fsp3) is 0.846. The zero-order valence-electron chi connectivity index (χ0n) is 11.4. The van der Waals surface area contributed by atoms with Gasteiger partial charge >= 0.3 is 5.97 Å². The van der Waals surface area contributed by atoms with Crippen molar-refractivity contribution in [1.29, 1.82) is 0 Å². The number of amides is 1. The van der Waals surface area contributed by atoms with E-state index in [2.05, 4.69) is 5.32 Å². The van der Waals surface area contributed by atoms with Gasteiger partial charge in [0.05, 0.1) is 17.9 Å². The van der Waals surface area contributed by atoms with Gasteiger partial charge in [-0.05, 0) is 39.5 Å². The molecule has 1 aliphatic carbocycles. The van der Waals surface area contributed by atoms with E-state index < -0.39 is 11.6 Å². The summed E-state index contributed by atoms with van der Waals surface area (Å²) >= 11 is 0. The van der Waals surface area contributed by atoms with Gasteiger partial charge < -0.3 is 15.2 Å². The third-order valence-corrected chi connectivity index (χ3v) is 3.58. The number of carboxylic acid groups (broad SMARTS) is 1. The van der Waals surface area contributed by atoms with Gasteiger partial charge in [0.15, 0.2) is 0 Å². The minimum absolute atomic E-state index is 0.0272. The largest absolute Gasteiger partial charge is 0.481 e. The first kappa shape index (κ1) is 15.0. The Kier molecular flexibility index (Phi) is 5.14. The molecule has 0 saturated heterocycles. The molecule has 1 aliphatic rings. The van der Waals surface area contributed by atoms with E-state index in [9.17, 15) is 9.59 Å². The lowest BCUT2D eigenvalue weighted by atomic mass is 9.86. The Morgan fingerprint density at radius 1 is 1.28 bits per heavy atom. The van der Waals surface area contributed by atoms with Gasteiger partial charge in [-0.3, -0.25) is 9.59 Å². The van der Waals surface area contributed by atoms with Gasteiger partial charge in [-0.15, -0.1) is 0 Å². The van der Waals surface area contributed by atoms with Crippen LogP contribution in [0.2, 0.25) is 0 Å². The summed E-state index contributed by atoms with van der Waals surface area (Å²) in [5.41, 5.74) is -0.456. The van der Waals surface area contributed by atoms with Gasteiger partial charge in [0.1, 0.15) is 0 Å². The van der Waals surface area contributed by atoms with Gasteiger partial charge in [0.25, 0.3) is 0 Å². The first-order valence-corrected chi connectivity index (χ1v) is 6.41. The first-order valence-electron chi connectivity index (χ1n) is 6.41. The van der Waals surface area contributed by atoms with Crippen LogP contribution in [-0.2, 0) is 14.3 Å². The number of hydrogen-bond donors (Lipinski definition) is 2. The van der Waals surface area contributed by atoms with E-state index >= 15 is 0 Å². The summed E-state index contributed by atoms with van der Waals surface area (Å²) in [6, 6.07) is 0.112. The van der Waals surface area contributed by atoms with E-state index in [-0.39, 0.29) is 17.9 Å². The van der Waals surface area contributed by atoms with E-state index in [0.29, 0.717) is 19.3 Å². The number of methoxy groups -OCH3 is 1. The molecule has 18 heavy (non-hydrogen) atoms. The van der Waals surface area contributed by atoms with Gasteiger partial charge in [0.2, 0.25) is 5.91 Å². The smallest absolute Gasteiger partial charge is 0.306 e. The Bertz CT molecular complexity index is 306. The number of carbonyl (C=O) groups excluding carboxylic acids is 1. The number of hydrogen-bond acceptors (Lipinski definition) is 3. The fourth-order valence-electron chi connectivity index (χ4n) is 2.22. The molecule has 0 aliphatic heterocycles. The standard InChI is InChI=1S/C13H23NO4/c1-13(2,18-3)8-11(15)14-10-6-4-9(5-7-10)12(16)17/h9-10H,4-8H2,1-3H3,(H,14,15)(H,16,17). The molecule has 0 heterocycles. The first-order chi connectivity index (χ1) is 8.34. The second-order valence-electron chi connectivity index (χ2n) is 5.59. The van der Waals surface area contributed by atoms with Crippen LogP contribution in [0.5, 0.6) is 0 Å². The summed E-state index contributed by atoms with van der Waals surface area (Å²) in [5, 5.41) is 11.8. The highest BCUT2D eigenvalue weighted by atomic mass is 16.5. The third-order valence-electron chi connectivity index (χ3n) is 3.58. The molecule has 0 unspecified atom stereocenters. The Labute approximate surface area is 108 Å². The van der Waals surface area contributed by atoms with Crippen LogP contribution in [0.3, 0.4) is 0 Å². The van der Waals surface area contributed by atoms with Crippen molar-refractivity contribution in [3.8, 4) is 0 Å². The summed E-state index contributed by atoms with van der Waals surface area (Å²) in [5.74, 6) is -0.991. The van der Waals surface area contributed by atoms with E-state index in [1.165, 1.54) is 0 Å². The molecule has 1 saturated carbocycles. The molecule has 1 amide bonds. The summed E-state index contributed by atoms with van der Waals surface area (Å²) in [6.07, 6.45) is 3.11. The Morgan fingerprint density at radius 2 is 1.83 bits per heavy atom. The molecule has 0 radical (unpaired) electrons. The lowest BCUT2D eigenvalue weighted by Gasteiger charge is -2.28. The average molecular weight is 257 g/mol. The van der Waals surface area contributed by atoms with Crippen LogP contribution in [0, 0.1) is 5.92 Å². The van der Waals surface area contributed by atoms with E-state index in [1.54, 1.807) is 7.11 Å². The number of rotatable bonds is 5. The third kappa shape index (κ3) is 4.64. The maximum Gasteiger partial charge on any atom is 0.306 e. The monoisotopic (exact) mass is 257 g/mol. The number of ether oxygens (including phenoxy) is 1. The highest BCUT2D eigenvalue weighted by molar-refractivity contribution is 5.77. The number of nitrogens with one attached hydrogen (secondary N) is 1. The topological polar surface area (TPSA) is 75.6 Å². The zero-order chi connectivity index (χ0) is 13.8. The van der Waals surface area contributed by atoms with Crippen LogP contribution >= 0.6 is 0 Å². The second kappa shape index (κ2) is 6.18. The van der Waals surface area contributed by atoms with Crippen molar-refractivity contribution in [2.75, 3.05) is 7.11 Å². The van der Waals surface area contributed by atoms with Crippen LogP contribution < -0.4 is 5.32 Å². The molecule has 5 heteroatoms. The molecular weight excluding hydrogens is 234 g/mol. The molecule has 0 spiro atoms. The molecule has 0 atom stereocenters. The molecule has 1 fully saturated rings. The van der Waals surface area contributed by atoms with Crippen molar-refractivity contribution in [3.05, 3.63) is 0 Å². The molecule has 5 nitrogen and oxygen atoms in total. The Morgan fingerprint density at radius 3 is 2.28 bits per heavy atom. The van der Waals surface area contributed by atoms with E-state index in [1.807, 2.05) is 13.8 Å². The minimum Gasteiger partial charge on any atom is -0.481 e. The predicted molar refractivity (Wildman–Crippen MR) is 67.2 cm³/mol. The maximum atomic E-state index is 11.8. The van der Waals surface area contributed by atoms with E-state index in [4.69, 9.17) is 9.84 Å². The van der Waals surface area contributed by atoms with Crippen LogP contribution in [0.25, 0.3) is 0 Å². The van der Waals surface area contributed by atoms with Crippen molar-refractivity contribution in [1.82, 2.24) is 5.32 Å². The van der Waals surface area contributed by atoms with Crippen molar-refractivity contribution >= 4 is 11.9 Å². The van der Waals surface area contributed by atoms with Crippen LogP contribution in [-0.4, -0.2) is 35.7 Å². The van der Waals surface area contributed by atoms with Crippen molar-refractivity contribution in [2.45, 2.75) is 57.6 Å². The second-order valence-corrected chi connectivity index (χ2v) is 5.59. The lowest BCUT2D eigenvalue weighted by molar-refractivity contribution is -0.142. The quantitative estimate of drug-likeness (QED) is 0.783. The maximum absolute atomic E-state index is 11.8.